The number of fused-ring (bicyclic) bond motifs is 1. The molecule has 116 valence electrons. The molecule has 1 saturated heterocycles. The molecule has 1 aliphatic heterocycles. The van der Waals surface area contributed by atoms with Crippen LogP contribution in [0.3, 0.4) is 0 Å². The van der Waals surface area contributed by atoms with E-state index >= 15 is 0 Å². The third-order valence-corrected chi connectivity index (χ3v) is 4.50. The molecule has 6 nitrogen and oxygen atoms in total. The Hall–Kier alpha value is -1.86. The summed E-state index contributed by atoms with van der Waals surface area (Å²) in [5.41, 5.74) is 1.29. The second-order valence-corrected chi connectivity index (χ2v) is 6.14. The Morgan fingerprint density at radius 2 is 2.09 bits per heavy atom. The van der Waals surface area contributed by atoms with Crippen LogP contribution in [-0.2, 0) is 9.53 Å². The number of halogens is 1. The van der Waals surface area contributed by atoms with E-state index in [1.54, 1.807) is 6.92 Å². The van der Waals surface area contributed by atoms with Crippen molar-refractivity contribution in [1.82, 2.24) is 9.88 Å². The monoisotopic (exact) mass is 366 g/mol. The molecule has 0 aliphatic carbocycles. The molecular formula is C15H15BrN2O4. The van der Waals surface area contributed by atoms with E-state index in [9.17, 15) is 9.59 Å². The first kappa shape index (κ1) is 15.1. The van der Waals surface area contributed by atoms with Gasteiger partial charge in [0.15, 0.2) is 6.10 Å². The number of aromatic nitrogens is 1. The first-order chi connectivity index (χ1) is 10.5. The number of nitrogens with zero attached hydrogens (tertiary/aromatic N) is 1. The molecule has 2 atom stereocenters. The second kappa shape index (κ2) is 5.73. The van der Waals surface area contributed by atoms with E-state index in [1.165, 1.54) is 4.90 Å². The summed E-state index contributed by atoms with van der Waals surface area (Å²) >= 11 is 3.45. The number of carbonyl (C=O) groups is 2. The zero-order valence-electron chi connectivity index (χ0n) is 11.9. The van der Waals surface area contributed by atoms with Crippen LogP contribution >= 0.6 is 15.9 Å². The van der Waals surface area contributed by atoms with Crippen LogP contribution in [0.1, 0.15) is 17.4 Å². The Bertz CT molecular complexity index is 742. The highest BCUT2D eigenvalue weighted by Crippen LogP contribution is 2.29. The van der Waals surface area contributed by atoms with Gasteiger partial charge in [-0.1, -0.05) is 18.2 Å². The average molecular weight is 367 g/mol. The van der Waals surface area contributed by atoms with Crippen LogP contribution in [0.2, 0.25) is 0 Å². The maximum atomic E-state index is 12.7. The molecule has 7 heteroatoms. The topological polar surface area (TPSA) is 82.6 Å². The predicted octanol–water partition coefficient (Wildman–Crippen LogP) is 2.24. The molecule has 0 saturated carbocycles. The molecule has 3 rings (SSSR count). The lowest BCUT2D eigenvalue weighted by Crippen LogP contribution is -2.51. The molecule has 2 N–H and O–H groups in total. The lowest BCUT2D eigenvalue weighted by Gasteiger charge is -2.34. The molecule has 1 aliphatic rings. The SMILES string of the molecule is C[C@@H]1CN(C(=O)c2[nH]c3ccccc3c2Br)CC(C(=O)O)O1. The Labute approximate surface area is 135 Å². The summed E-state index contributed by atoms with van der Waals surface area (Å²) in [6.07, 6.45) is -1.31. The van der Waals surface area contributed by atoms with E-state index < -0.39 is 12.1 Å². The summed E-state index contributed by atoms with van der Waals surface area (Å²) in [4.78, 5) is 28.5. The third kappa shape index (κ3) is 2.62. The van der Waals surface area contributed by atoms with E-state index in [1.807, 2.05) is 24.3 Å². The molecule has 0 radical (unpaired) electrons. The number of benzene rings is 1. The molecule has 1 fully saturated rings. The van der Waals surface area contributed by atoms with Crippen molar-refractivity contribution in [3.63, 3.8) is 0 Å². The number of para-hydroxylation sites is 1. The van der Waals surface area contributed by atoms with E-state index in [-0.39, 0.29) is 18.6 Å². The predicted molar refractivity (Wildman–Crippen MR) is 83.9 cm³/mol. The molecule has 0 bridgehead atoms. The Kier molecular flexibility index (Phi) is 3.92. The summed E-state index contributed by atoms with van der Waals surface area (Å²) in [6, 6.07) is 7.58. The summed E-state index contributed by atoms with van der Waals surface area (Å²) in [5, 5.41) is 10.0. The normalized spacial score (nSPS) is 22.0. The smallest absolute Gasteiger partial charge is 0.334 e. The number of aliphatic carboxylic acids is 1. The first-order valence-electron chi connectivity index (χ1n) is 6.91. The molecule has 0 spiro atoms. The van der Waals surface area contributed by atoms with Crippen LogP contribution < -0.4 is 0 Å². The molecular weight excluding hydrogens is 352 g/mol. The number of carboxylic acids is 1. The highest BCUT2D eigenvalue weighted by atomic mass is 79.9. The van der Waals surface area contributed by atoms with Gasteiger partial charge in [-0.3, -0.25) is 4.79 Å². The van der Waals surface area contributed by atoms with Crippen molar-refractivity contribution in [1.29, 1.82) is 0 Å². The first-order valence-corrected chi connectivity index (χ1v) is 7.70. The van der Waals surface area contributed by atoms with E-state index in [2.05, 4.69) is 20.9 Å². The third-order valence-electron chi connectivity index (χ3n) is 3.68. The standard InChI is InChI=1S/C15H15BrN2O4/c1-8-6-18(7-11(22-8)15(20)21)14(19)13-12(16)9-4-2-3-5-10(9)17-13/h2-5,8,11,17H,6-7H2,1H3,(H,20,21)/t8-,11?/m1/s1. The van der Waals surface area contributed by atoms with Crippen LogP contribution in [0, 0.1) is 0 Å². The van der Waals surface area contributed by atoms with Crippen LogP contribution in [0.4, 0.5) is 0 Å². The number of H-pyrrole nitrogens is 1. The summed E-state index contributed by atoms with van der Waals surface area (Å²) < 4.78 is 6.03. The highest BCUT2D eigenvalue weighted by Gasteiger charge is 2.34. The molecule has 2 aromatic rings. The largest absolute Gasteiger partial charge is 0.479 e. The van der Waals surface area contributed by atoms with Crippen LogP contribution in [-0.4, -0.2) is 52.2 Å². The quantitative estimate of drug-likeness (QED) is 0.853. The lowest BCUT2D eigenvalue weighted by molar-refractivity contribution is -0.160. The number of ether oxygens (including phenoxy) is 1. The Morgan fingerprint density at radius 3 is 2.77 bits per heavy atom. The molecule has 1 amide bonds. The van der Waals surface area contributed by atoms with Gasteiger partial charge < -0.3 is 19.7 Å². The van der Waals surface area contributed by atoms with E-state index in [0.29, 0.717) is 16.7 Å². The fraction of sp³-hybridized carbons (Fsp3) is 0.333. The van der Waals surface area contributed by atoms with Gasteiger partial charge in [0.25, 0.3) is 5.91 Å². The minimum atomic E-state index is -1.06. The number of nitrogens with one attached hydrogen (secondary N) is 1. The maximum Gasteiger partial charge on any atom is 0.334 e. The fourth-order valence-electron chi connectivity index (χ4n) is 2.67. The van der Waals surface area contributed by atoms with Gasteiger partial charge >= 0.3 is 5.97 Å². The van der Waals surface area contributed by atoms with Crippen molar-refractivity contribution >= 4 is 38.7 Å². The van der Waals surface area contributed by atoms with Crippen LogP contribution in [0.15, 0.2) is 28.7 Å². The molecule has 1 aromatic carbocycles. The Balaban J connectivity index is 1.91. The van der Waals surface area contributed by atoms with Gasteiger partial charge in [-0.15, -0.1) is 0 Å². The minimum Gasteiger partial charge on any atom is -0.479 e. The highest BCUT2D eigenvalue weighted by molar-refractivity contribution is 9.10. The zero-order valence-corrected chi connectivity index (χ0v) is 13.5. The van der Waals surface area contributed by atoms with Crippen molar-refractivity contribution < 1.29 is 19.4 Å². The number of hydrogen-bond donors (Lipinski definition) is 2. The van der Waals surface area contributed by atoms with Crippen molar-refractivity contribution in [3.8, 4) is 0 Å². The maximum absolute atomic E-state index is 12.7. The molecule has 1 aromatic heterocycles. The fourth-order valence-corrected chi connectivity index (χ4v) is 3.28. The van der Waals surface area contributed by atoms with Gasteiger partial charge in [0, 0.05) is 17.4 Å². The van der Waals surface area contributed by atoms with Gasteiger partial charge in [-0.2, -0.15) is 0 Å². The van der Waals surface area contributed by atoms with Gasteiger partial charge in [0.05, 0.1) is 17.1 Å². The number of carboxylic acid groups (broad SMARTS) is 1. The van der Waals surface area contributed by atoms with Crippen LogP contribution in [0.5, 0.6) is 0 Å². The molecule has 22 heavy (non-hydrogen) atoms. The number of rotatable bonds is 2. The van der Waals surface area contributed by atoms with Gasteiger partial charge in [-0.05, 0) is 28.9 Å². The molecule has 2 heterocycles. The zero-order chi connectivity index (χ0) is 15.9. The summed E-state index contributed by atoms with van der Waals surface area (Å²) in [5.74, 6) is -1.29. The molecule has 1 unspecified atom stereocenters. The van der Waals surface area contributed by atoms with Crippen molar-refractivity contribution in [3.05, 3.63) is 34.4 Å². The lowest BCUT2D eigenvalue weighted by atomic mass is 10.2. The van der Waals surface area contributed by atoms with Crippen molar-refractivity contribution in [2.75, 3.05) is 13.1 Å². The number of amides is 1. The number of hydrogen-bond acceptors (Lipinski definition) is 3. The van der Waals surface area contributed by atoms with Gasteiger partial charge in [0.2, 0.25) is 0 Å². The number of aromatic amines is 1. The average Bonchev–Trinajstić information content (AvgIpc) is 2.83. The second-order valence-electron chi connectivity index (χ2n) is 5.34. The summed E-state index contributed by atoms with van der Waals surface area (Å²) in [7, 11) is 0. The van der Waals surface area contributed by atoms with E-state index in [4.69, 9.17) is 9.84 Å². The van der Waals surface area contributed by atoms with E-state index in [0.717, 1.165) is 10.9 Å². The van der Waals surface area contributed by atoms with Crippen molar-refractivity contribution in [2.45, 2.75) is 19.1 Å². The summed E-state index contributed by atoms with van der Waals surface area (Å²) in [6.45, 7) is 2.17. The van der Waals surface area contributed by atoms with Gasteiger partial charge in [0.1, 0.15) is 5.69 Å². The van der Waals surface area contributed by atoms with Gasteiger partial charge in [-0.25, -0.2) is 4.79 Å². The number of morpholine rings is 1. The minimum absolute atomic E-state index is 0.0420. The van der Waals surface area contributed by atoms with Crippen molar-refractivity contribution in [2.24, 2.45) is 0 Å². The Morgan fingerprint density at radius 1 is 1.36 bits per heavy atom. The van der Waals surface area contributed by atoms with Crippen LogP contribution in [0.25, 0.3) is 10.9 Å². The number of carbonyl (C=O) groups excluding carboxylic acids is 1.